The third-order valence-electron chi connectivity index (χ3n) is 6.33. The fourth-order valence-electron chi connectivity index (χ4n) is 4.29. The summed E-state index contributed by atoms with van der Waals surface area (Å²) in [5, 5.41) is 3.60. The van der Waals surface area contributed by atoms with Crippen molar-refractivity contribution in [1.29, 1.82) is 0 Å². The van der Waals surface area contributed by atoms with Gasteiger partial charge in [0.15, 0.2) is 5.78 Å². The van der Waals surface area contributed by atoms with E-state index in [0.29, 0.717) is 22.2 Å². The normalized spacial score (nSPS) is 34.7. The lowest BCUT2D eigenvalue weighted by atomic mass is 9.64. The van der Waals surface area contributed by atoms with Crippen LogP contribution in [-0.4, -0.2) is 16.5 Å². The number of halogens is 3. The number of carbonyl (C=O) groups excluding carboxylic acids is 2. The van der Waals surface area contributed by atoms with E-state index in [1.54, 1.807) is 18.2 Å². The number of fused-ring (bicyclic) bond motifs is 2. The Morgan fingerprint density at radius 1 is 1.26 bits per heavy atom. The van der Waals surface area contributed by atoms with Gasteiger partial charge in [-0.05, 0) is 30.4 Å². The van der Waals surface area contributed by atoms with Crippen LogP contribution in [0, 0.1) is 16.2 Å². The molecule has 2 aliphatic carbocycles. The van der Waals surface area contributed by atoms with Crippen LogP contribution in [0.1, 0.15) is 33.6 Å². The number of nitrogens with one attached hydrogen (secondary N) is 1. The standard InChI is InChI=1S/C17H18BrCl2NO2/c1-15(2)16(3)7-8-17(15,12(18)13(16)22)14(23)21-10-6-4-5-9(19)11(10)20/h4-6,12H,7-8H2,1-3H3,(H,21,23)/t12-,16?,17?/m1/s1. The van der Waals surface area contributed by atoms with Gasteiger partial charge in [0.2, 0.25) is 5.91 Å². The second kappa shape index (κ2) is 5.21. The van der Waals surface area contributed by atoms with Crippen LogP contribution in [0.2, 0.25) is 10.0 Å². The van der Waals surface area contributed by atoms with Crippen molar-refractivity contribution in [3.8, 4) is 0 Å². The van der Waals surface area contributed by atoms with E-state index < -0.39 is 21.1 Å². The summed E-state index contributed by atoms with van der Waals surface area (Å²) in [7, 11) is 0. The lowest BCUT2D eigenvalue weighted by molar-refractivity contribution is -0.130. The maximum Gasteiger partial charge on any atom is 0.232 e. The SMILES string of the molecule is CC12CCC(C(=O)Nc3cccc(Cl)c3Cl)([C@H](Br)C1=O)C2(C)C. The molecule has 3 rings (SSSR count). The number of rotatable bonds is 2. The summed E-state index contributed by atoms with van der Waals surface area (Å²) in [6.07, 6.45) is 1.39. The van der Waals surface area contributed by atoms with Crippen LogP contribution >= 0.6 is 39.1 Å². The predicted octanol–water partition coefficient (Wildman–Crippen LogP) is 5.09. The molecule has 2 fully saturated rings. The second-order valence-electron chi connectivity index (χ2n) is 7.21. The van der Waals surface area contributed by atoms with Crippen LogP contribution in [0.15, 0.2) is 18.2 Å². The van der Waals surface area contributed by atoms with Crippen LogP contribution in [0.3, 0.4) is 0 Å². The van der Waals surface area contributed by atoms with Gasteiger partial charge in [0, 0.05) is 5.41 Å². The number of alkyl halides is 1. The van der Waals surface area contributed by atoms with Gasteiger partial charge in [0.25, 0.3) is 0 Å². The third kappa shape index (κ3) is 1.95. The van der Waals surface area contributed by atoms with E-state index in [0.717, 1.165) is 6.42 Å². The minimum Gasteiger partial charge on any atom is -0.324 e. The summed E-state index contributed by atoms with van der Waals surface area (Å²) in [6.45, 7) is 5.99. The van der Waals surface area contributed by atoms with Gasteiger partial charge in [-0.1, -0.05) is 66.0 Å². The van der Waals surface area contributed by atoms with E-state index in [4.69, 9.17) is 23.2 Å². The molecule has 3 nitrogen and oxygen atoms in total. The summed E-state index contributed by atoms with van der Waals surface area (Å²) in [6, 6.07) is 5.11. The average molecular weight is 419 g/mol. The van der Waals surface area contributed by atoms with Gasteiger partial charge in [-0.15, -0.1) is 0 Å². The molecule has 2 unspecified atom stereocenters. The Morgan fingerprint density at radius 3 is 2.48 bits per heavy atom. The number of carbonyl (C=O) groups is 2. The molecule has 0 aliphatic heterocycles. The molecule has 1 aromatic rings. The molecule has 0 heterocycles. The molecule has 0 radical (unpaired) electrons. The van der Waals surface area contributed by atoms with Crippen molar-refractivity contribution in [3.05, 3.63) is 28.2 Å². The van der Waals surface area contributed by atoms with Gasteiger partial charge in [-0.25, -0.2) is 0 Å². The summed E-state index contributed by atoms with van der Waals surface area (Å²) in [4.78, 5) is 25.4. The zero-order valence-corrected chi connectivity index (χ0v) is 16.3. The topological polar surface area (TPSA) is 46.2 Å². The van der Waals surface area contributed by atoms with Gasteiger partial charge in [-0.3, -0.25) is 9.59 Å². The first-order chi connectivity index (χ1) is 10.6. The highest BCUT2D eigenvalue weighted by Crippen LogP contribution is 2.72. The Morgan fingerprint density at radius 2 is 1.91 bits per heavy atom. The smallest absolute Gasteiger partial charge is 0.232 e. The Kier molecular flexibility index (Phi) is 3.90. The highest BCUT2D eigenvalue weighted by atomic mass is 79.9. The molecule has 1 aromatic carbocycles. The highest BCUT2D eigenvalue weighted by Gasteiger charge is 2.76. The summed E-state index contributed by atoms with van der Waals surface area (Å²) < 4.78 is 0. The Balaban J connectivity index is 2.02. The molecule has 0 aromatic heterocycles. The van der Waals surface area contributed by atoms with E-state index in [9.17, 15) is 9.59 Å². The predicted molar refractivity (Wildman–Crippen MR) is 96.4 cm³/mol. The Hall–Kier alpha value is -0.580. The maximum atomic E-state index is 13.2. The number of ketones is 1. The van der Waals surface area contributed by atoms with Crippen molar-refractivity contribution >= 4 is 56.5 Å². The minimum atomic E-state index is -0.787. The number of Topliss-reactive ketones (excluding diaryl/α,β-unsaturated/α-hetero) is 1. The van der Waals surface area contributed by atoms with Gasteiger partial charge in [-0.2, -0.15) is 0 Å². The minimum absolute atomic E-state index is 0.112. The van der Waals surface area contributed by atoms with Crippen molar-refractivity contribution in [2.75, 3.05) is 5.32 Å². The molecule has 124 valence electrons. The summed E-state index contributed by atoms with van der Waals surface area (Å²) in [5.74, 6) is -0.0655. The van der Waals surface area contributed by atoms with Crippen molar-refractivity contribution < 1.29 is 9.59 Å². The van der Waals surface area contributed by atoms with E-state index in [1.165, 1.54) is 0 Å². The quantitative estimate of drug-likeness (QED) is 0.679. The van der Waals surface area contributed by atoms with Crippen LogP contribution in [0.4, 0.5) is 5.69 Å². The monoisotopic (exact) mass is 417 g/mol. The van der Waals surface area contributed by atoms with Crippen molar-refractivity contribution in [2.24, 2.45) is 16.2 Å². The van der Waals surface area contributed by atoms with E-state index in [2.05, 4.69) is 21.2 Å². The largest absolute Gasteiger partial charge is 0.324 e. The number of amides is 1. The number of anilines is 1. The second-order valence-corrected chi connectivity index (χ2v) is 8.91. The number of hydrogen-bond acceptors (Lipinski definition) is 2. The molecule has 0 spiro atoms. The van der Waals surface area contributed by atoms with E-state index in [-0.39, 0.29) is 11.7 Å². The van der Waals surface area contributed by atoms with Crippen LogP contribution in [0.25, 0.3) is 0 Å². The fourth-order valence-corrected chi connectivity index (χ4v) is 6.15. The van der Waals surface area contributed by atoms with Crippen LogP contribution < -0.4 is 5.32 Å². The fraction of sp³-hybridized carbons (Fsp3) is 0.529. The molecule has 23 heavy (non-hydrogen) atoms. The van der Waals surface area contributed by atoms with Crippen molar-refractivity contribution in [2.45, 2.75) is 38.4 Å². The van der Waals surface area contributed by atoms with Crippen LogP contribution in [-0.2, 0) is 9.59 Å². The highest BCUT2D eigenvalue weighted by molar-refractivity contribution is 9.10. The molecule has 3 atom stereocenters. The molecule has 2 saturated carbocycles. The first kappa shape index (κ1) is 17.2. The molecule has 1 amide bonds. The maximum absolute atomic E-state index is 13.2. The zero-order chi connectivity index (χ0) is 17.2. The molecule has 2 bridgehead atoms. The average Bonchev–Trinajstić information content (AvgIpc) is 2.76. The van der Waals surface area contributed by atoms with Gasteiger partial charge >= 0.3 is 0 Å². The third-order valence-corrected chi connectivity index (χ3v) is 8.34. The molecule has 2 aliphatic rings. The number of hydrogen-bond donors (Lipinski definition) is 1. The summed E-state index contributed by atoms with van der Waals surface area (Å²) >= 11 is 15.7. The molecular formula is C17H18BrCl2NO2. The lowest BCUT2D eigenvalue weighted by Crippen LogP contribution is -2.48. The van der Waals surface area contributed by atoms with Crippen molar-refractivity contribution in [3.63, 3.8) is 0 Å². The lowest BCUT2D eigenvalue weighted by Gasteiger charge is -2.39. The Bertz CT molecular complexity index is 721. The Labute approximate surface area is 154 Å². The van der Waals surface area contributed by atoms with Gasteiger partial charge < -0.3 is 5.32 Å². The molecule has 0 saturated heterocycles. The first-order valence-corrected chi connectivity index (χ1v) is 9.20. The van der Waals surface area contributed by atoms with Crippen molar-refractivity contribution in [1.82, 2.24) is 0 Å². The van der Waals surface area contributed by atoms with Gasteiger partial charge in [0.05, 0.1) is 26.0 Å². The van der Waals surface area contributed by atoms with Gasteiger partial charge in [0.1, 0.15) is 0 Å². The van der Waals surface area contributed by atoms with Crippen LogP contribution in [0.5, 0.6) is 0 Å². The molecular weight excluding hydrogens is 401 g/mol. The molecule has 1 N–H and O–H groups in total. The zero-order valence-electron chi connectivity index (χ0n) is 13.2. The van der Waals surface area contributed by atoms with E-state index >= 15 is 0 Å². The molecule has 6 heteroatoms. The summed E-state index contributed by atoms with van der Waals surface area (Å²) in [5.41, 5.74) is -1.25. The first-order valence-electron chi connectivity index (χ1n) is 7.53. The number of benzene rings is 1. The van der Waals surface area contributed by atoms with E-state index in [1.807, 2.05) is 20.8 Å².